The zero-order valence-corrected chi connectivity index (χ0v) is 11.4. The smallest absolute Gasteiger partial charge is 0.387 e. The van der Waals surface area contributed by atoms with Crippen LogP contribution in [0.2, 0.25) is 0 Å². The summed E-state index contributed by atoms with van der Waals surface area (Å²) in [6, 6.07) is 4.28. The standard InChI is InChI=1S/C14H19F3N2O/c1-2-19-7-5-10(6-8-19)18-11-3-4-13(12(15)9-11)20-14(16)17/h3-4,9-10,14,18H,2,5-8H2,1H3. The molecule has 0 aromatic heterocycles. The van der Waals surface area contributed by atoms with Crippen LogP contribution in [0.1, 0.15) is 19.8 Å². The normalized spacial score (nSPS) is 17.4. The number of piperidine rings is 1. The van der Waals surface area contributed by atoms with Crippen molar-refractivity contribution in [3.8, 4) is 5.75 Å². The van der Waals surface area contributed by atoms with Gasteiger partial charge in [-0.3, -0.25) is 0 Å². The van der Waals surface area contributed by atoms with Crippen LogP contribution in [0.25, 0.3) is 0 Å². The third kappa shape index (κ3) is 4.03. The van der Waals surface area contributed by atoms with E-state index in [9.17, 15) is 13.2 Å². The van der Waals surface area contributed by atoms with Crippen molar-refractivity contribution in [2.75, 3.05) is 25.0 Å². The predicted molar refractivity (Wildman–Crippen MR) is 71.8 cm³/mol. The van der Waals surface area contributed by atoms with Crippen LogP contribution < -0.4 is 10.1 Å². The SMILES string of the molecule is CCN1CCC(Nc2ccc(OC(F)F)c(F)c2)CC1. The molecule has 6 heteroatoms. The van der Waals surface area contributed by atoms with E-state index in [1.807, 2.05) is 0 Å². The minimum Gasteiger partial charge on any atom is -0.432 e. The maximum Gasteiger partial charge on any atom is 0.387 e. The first-order valence-corrected chi connectivity index (χ1v) is 6.81. The van der Waals surface area contributed by atoms with Crippen LogP contribution in [-0.4, -0.2) is 37.2 Å². The molecular formula is C14H19F3N2O. The maximum atomic E-state index is 13.6. The van der Waals surface area contributed by atoms with E-state index in [-0.39, 0.29) is 0 Å². The third-order valence-corrected chi connectivity index (χ3v) is 3.55. The summed E-state index contributed by atoms with van der Waals surface area (Å²) in [6.45, 7) is 2.19. The predicted octanol–water partition coefficient (Wildman–Crippen LogP) is 3.32. The first-order valence-electron chi connectivity index (χ1n) is 6.81. The van der Waals surface area contributed by atoms with Crippen molar-refractivity contribution in [1.29, 1.82) is 0 Å². The van der Waals surface area contributed by atoms with E-state index in [4.69, 9.17) is 0 Å². The Morgan fingerprint density at radius 1 is 1.35 bits per heavy atom. The second-order valence-corrected chi connectivity index (χ2v) is 4.88. The molecule has 1 heterocycles. The number of nitrogens with one attached hydrogen (secondary N) is 1. The van der Waals surface area contributed by atoms with Gasteiger partial charge < -0.3 is 15.0 Å². The van der Waals surface area contributed by atoms with E-state index in [0.29, 0.717) is 11.7 Å². The fourth-order valence-corrected chi connectivity index (χ4v) is 2.41. The lowest BCUT2D eigenvalue weighted by Crippen LogP contribution is -2.38. The molecule has 1 N–H and O–H groups in total. The van der Waals surface area contributed by atoms with Crippen LogP contribution in [0.5, 0.6) is 5.75 Å². The van der Waals surface area contributed by atoms with Gasteiger partial charge in [-0.1, -0.05) is 6.92 Å². The third-order valence-electron chi connectivity index (χ3n) is 3.55. The van der Waals surface area contributed by atoms with Crippen molar-refractivity contribution in [1.82, 2.24) is 4.90 Å². The van der Waals surface area contributed by atoms with Crippen molar-refractivity contribution in [2.45, 2.75) is 32.4 Å². The Morgan fingerprint density at radius 2 is 2.05 bits per heavy atom. The molecule has 1 aliphatic rings. The lowest BCUT2D eigenvalue weighted by atomic mass is 10.0. The van der Waals surface area contributed by atoms with Gasteiger partial charge in [0.25, 0.3) is 0 Å². The van der Waals surface area contributed by atoms with E-state index in [2.05, 4.69) is 21.9 Å². The van der Waals surface area contributed by atoms with Crippen LogP contribution in [0.3, 0.4) is 0 Å². The van der Waals surface area contributed by atoms with E-state index >= 15 is 0 Å². The average Bonchev–Trinajstić information content (AvgIpc) is 2.42. The number of likely N-dealkylation sites (tertiary alicyclic amines) is 1. The number of ether oxygens (including phenoxy) is 1. The van der Waals surface area contributed by atoms with E-state index in [0.717, 1.165) is 32.5 Å². The van der Waals surface area contributed by atoms with Gasteiger partial charge in [0.1, 0.15) is 0 Å². The number of rotatable bonds is 5. The van der Waals surface area contributed by atoms with Gasteiger partial charge in [0.2, 0.25) is 0 Å². The minimum absolute atomic E-state index is 0.291. The molecule has 3 nitrogen and oxygen atoms in total. The average molecular weight is 288 g/mol. The highest BCUT2D eigenvalue weighted by atomic mass is 19.3. The van der Waals surface area contributed by atoms with Gasteiger partial charge >= 0.3 is 6.61 Å². The highest BCUT2D eigenvalue weighted by molar-refractivity contribution is 5.48. The summed E-state index contributed by atoms with van der Waals surface area (Å²) in [5, 5.41) is 3.24. The molecule has 1 saturated heterocycles. The molecule has 0 spiro atoms. The summed E-state index contributed by atoms with van der Waals surface area (Å²) in [5.74, 6) is -1.20. The quantitative estimate of drug-likeness (QED) is 0.899. The first-order chi connectivity index (χ1) is 9.58. The Bertz CT molecular complexity index is 434. The molecule has 0 radical (unpaired) electrons. The molecule has 1 fully saturated rings. The molecule has 20 heavy (non-hydrogen) atoms. The lowest BCUT2D eigenvalue weighted by molar-refractivity contribution is -0.0521. The number of halogens is 3. The van der Waals surface area contributed by atoms with Crippen LogP contribution in [0.15, 0.2) is 18.2 Å². The fraction of sp³-hybridized carbons (Fsp3) is 0.571. The molecule has 1 aliphatic heterocycles. The van der Waals surface area contributed by atoms with Gasteiger partial charge in [0.05, 0.1) is 0 Å². The van der Waals surface area contributed by atoms with Crippen molar-refractivity contribution in [3.63, 3.8) is 0 Å². The van der Waals surface area contributed by atoms with Crippen molar-refractivity contribution >= 4 is 5.69 Å². The van der Waals surface area contributed by atoms with Gasteiger partial charge in [-0.15, -0.1) is 0 Å². The Labute approximate surface area is 116 Å². The molecule has 0 atom stereocenters. The summed E-state index contributed by atoms with van der Waals surface area (Å²) >= 11 is 0. The largest absolute Gasteiger partial charge is 0.432 e. The highest BCUT2D eigenvalue weighted by Crippen LogP contribution is 2.24. The minimum atomic E-state index is -3.01. The Hall–Kier alpha value is -1.43. The van der Waals surface area contributed by atoms with Gasteiger partial charge in [-0.05, 0) is 31.5 Å². The summed E-state index contributed by atoms with van der Waals surface area (Å²) in [4.78, 5) is 2.36. The summed E-state index contributed by atoms with van der Waals surface area (Å²) in [7, 11) is 0. The monoisotopic (exact) mass is 288 g/mol. The zero-order chi connectivity index (χ0) is 14.5. The molecule has 0 bridgehead atoms. The topological polar surface area (TPSA) is 24.5 Å². The van der Waals surface area contributed by atoms with Crippen molar-refractivity contribution in [3.05, 3.63) is 24.0 Å². The lowest BCUT2D eigenvalue weighted by Gasteiger charge is -2.32. The number of hydrogen-bond acceptors (Lipinski definition) is 3. The van der Waals surface area contributed by atoms with E-state index < -0.39 is 18.2 Å². The molecule has 2 rings (SSSR count). The first kappa shape index (κ1) is 15.0. The van der Waals surface area contributed by atoms with Gasteiger partial charge in [-0.25, -0.2) is 4.39 Å². The highest BCUT2D eigenvalue weighted by Gasteiger charge is 2.18. The molecule has 0 unspecified atom stereocenters. The fourth-order valence-electron chi connectivity index (χ4n) is 2.41. The number of hydrogen-bond donors (Lipinski definition) is 1. The Morgan fingerprint density at radius 3 is 2.60 bits per heavy atom. The zero-order valence-electron chi connectivity index (χ0n) is 11.4. The number of alkyl halides is 2. The van der Waals surface area contributed by atoms with E-state index in [1.165, 1.54) is 12.1 Å². The van der Waals surface area contributed by atoms with Crippen LogP contribution >= 0.6 is 0 Å². The molecule has 112 valence electrons. The number of benzene rings is 1. The van der Waals surface area contributed by atoms with Crippen LogP contribution in [0.4, 0.5) is 18.9 Å². The second kappa shape index (κ2) is 6.83. The Balaban J connectivity index is 1.92. The van der Waals surface area contributed by atoms with E-state index in [1.54, 1.807) is 6.07 Å². The summed E-state index contributed by atoms with van der Waals surface area (Å²) in [5.41, 5.74) is 0.596. The number of nitrogens with zero attached hydrogens (tertiary/aromatic N) is 1. The second-order valence-electron chi connectivity index (χ2n) is 4.88. The summed E-state index contributed by atoms with van der Waals surface area (Å²) < 4.78 is 41.7. The summed E-state index contributed by atoms with van der Waals surface area (Å²) in [6.07, 6.45) is 1.98. The molecule has 0 amide bonds. The van der Waals surface area contributed by atoms with Gasteiger partial charge in [0, 0.05) is 30.9 Å². The van der Waals surface area contributed by atoms with Crippen LogP contribution in [-0.2, 0) is 0 Å². The van der Waals surface area contributed by atoms with Crippen LogP contribution in [0, 0.1) is 5.82 Å². The molecule has 1 aromatic carbocycles. The van der Waals surface area contributed by atoms with Crippen molar-refractivity contribution in [2.24, 2.45) is 0 Å². The van der Waals surface area contributed by atoms with Gasteiger partial charge in [0.15, 0.2) is 11.6 Å². The van der Waals surface area contributed by atoms with Crippen molar-refractivity contribution < 1.29 is 17.9 Å². The number of anilines is 1. The molecule has 0 aliphatic carbocycles. The molecule has 1 aromatic rings. The molecule has 0 saturated carbocycles. The molecular weight excluding hydrogens is 269 g/mol. The Kier molecular flexibility index (Phi) is 5.11. The maximum absolute atomic E-state index is 13.6. The van der Waals surface area contributed by atoms with Gasteiger partial charge in [-0.2, -0.15) is 8.78 Å².